The normalized spacial score (nSPS) is 30.4. The summed E-state index contributed by atoms with van der Waals surface area (Å²) in [6.07, 6.45) is 6.90. The van der Waals surface area contributed by atoms with Crippen LogP contribution in [0.4, 0.5) is 13.2 Å². The number of likely N-dealkylation sites (tertiary alicyclic amines) is 1. The van der Waals surface area contributed by atoms with E-state index in [1.807, 2.05) is 18.5 Å². The first kappa shape index (κ1) is 28.5. The number of imidazole rings is 1. The maximum atomic E-state index is 14.3. The number of nitrogens with zero attached hydrogens (tertiary/aromatic N) is 6. The van der Waals surface area contributed by atoms with Crippen molar-refractivity contribution in [3.05, 3.63) is 52.2 Å². The second kappa shape index (κ2) is 10.6. The van der Waals surface area contributed by atoms with Gasteiger partial charge in [-0.3, -0.25) is 13.9 Å². The number of hydrogen-bond acceptors (Lipinski definition) is 5. The number of hydrogen-bond donors (Lipinski definition) is 1. The quantitative estimate of drug-likeness (QED) is 0.440. The van der Waals surface area contributed by atoms with Gasteiger partial charge in [0.1, 0.15) is 12.2 Å². The summed E-state index contributed by atoms with van der Waals surface area (Å²) in [5.41, 5.74) is -1.42. The molecule has 6 rings (SSSR count). The Morgan fingerprint density at radius 3 is 2.59 bits per heavy atom. The lowest BCUT2D eigenvalue weighted by molar-refractivity contribution is -0.136. The molecule has 3 fully saturated rings. The van der Waals surface area contributed by atoms with Gasteiger partial charge in [0.05, 0.1) is 16.7 Å². The van der Waals surface area contributed by atoms with Crippen LogP contribution in [0.15, 0.2) is 29.6 Å². The molecule has 4 heterocycles. The van der Waals surface area contributed by atoms with Crippen molar-refractivity contribution >= 4 is 5.52 Å². The second-order valence-electron chi connectivity index (χ2n) is 13.4. The number of aryl methyl sites for hydroxylation is 1. The Balaban J connectivity index is 1.32. The van der Waals surface area contributed by atoms with Crippen LogP contribution < -0.4 is 5.69 Å². The summed E-state index contributed by atoms with van der Waals surface area (Å²) in [4.78, 5) is 15.9. The van der Waals surface area contributed by atoms with Crippen LogP contribution in [0.5, 0.6) is 0 Å². The summed E-state index contributed by atoms with van der Waals surface area (Å²) in [6, 6.07) is 1.03. The van der Waals surface area contributed by atoms with Crippen molar-refractivity contribution in [2.24, 2.45) is 24.8 Å². The topological polar surface area (TPSA) is 80.6 Å². The van der Waals surface area contributed by atoms with Crippen LogP contribution in [0.2, 0.25) is 0 Å². The number of rotatable bonds is 6. The zero-order valence-electron chi connectivity index (χ0n) is 24.1. The van der Waals surface area contributed by atoms with Crippen LogP contribution in [0, 0.1) is 17.8 Å². The Morgan fingerprint density at radius 1 is 1.15 bits per heavy atom. The van der Waals surface area contributed by atoms with Gasteiger partial charge in [-0.25, -0.2) is 4.79 Å². The van der Waals surface area contributed by atoms with E-state index in [1.54, 1.807) is 17.1 Å². The minimum absolute atomic E-state index is 0.0718. The van der Waals surface area contributed by atoms with Crippen molar-refractivity contribution < 1.29 is 18.3 Å². The van der Waals surface area contributed by atoms with Crippen LogP contribution in [0.3, 0.4) is 0 Å². The Bertz CT molecular complexity index is 1450. The van der Waals surface area contributed by atoms with E-state index in [0.29, 0.717) is 37.3 Å². The lowest BCUT2D eigenvalue weighted by Crippen LogP contribution is -2.46. The first-order chi connectivity index (χ1) is 19.4. The number of halogens is 3. The Hall–Kier alpha value is -2.66. The minimum Gasteiger partial charge on any atom is -0.390 e. The highest BCUT2D eigenvalue weighted by atomic mass is 19.4. The molecule has 11 heteroatoms. The number of piperidine rings is 1. The molecule has 4 atom stereocenters. The zero-order chi connectivity index (χ0) is 29.1. The fourth-order valence-corrected chi connectivity index (χ4v) is 8.03. The monoisotopic (exact) mass is 574 g/mol. The molecular formula is C30H41F3N6O2. The molecule has 0 amide bonds. The summed E-state index contributed by atoms with van der Waals surface area (Å²) < 4.78 is 47.6. The van der Waals surface area contributed by atoms with Crippen molar-refractivity contribution in [1.29, 1.82) is 0 Å². The molecule has 1 N–H and O–H groups in total. The number of alkyl halides is 3. The molecule has 2 saturated carbocycles. The highest BCUT2D eigenvalue weighted by Crippen LogP contribution is 2.52. The molecular weight excluding hydrogens is 533 g/mol. The molecule has 1 aliphatic heterocycles. The molecule has 3 aromatic rings. The van der Waals surface area contributed by atoms with Crippen molar-refractivity contribution in [2.75, 3.05) is 13.1 Å². The summed E-state index contributed by atoms with van der Waals surface area (Å²) in [5, 5.41) is 19.0. The molecule has 224 valence electrons. The van der Waals surface area contributed by atoms with E-state index < -0.39 is 23.0 Å². The fourth-order valence-electron chi connectivity index (χ4n) is 8.03. The number of pyridine rings is 1. The predicted molar refractivity (Wildman–Crippen MR) is 148 cm³/mol. The van der Waals surface area contributed by atoms with Crippen LogP contribution >= 0.6 is 0 Å². The van der Waals surface area contributed by atoms with E-state index in [1.165, 1.54) is 16.7 Å². The minimum atomic E-state index is -4.57. The zero-order valence-corrected chi connectivity index (χ0v) is 24.1. The molecule has 0 radical (unpaired) electrons. The third kappa shape index (κ3) is 5.59. The molecule has 0 aromatic carbocycles. The molecule has 0 bridgehead atoms. The number of aliphatic hydroxyl groups is 1. The Kier molecular flexibility index (Phi) is 7.33. The highest BCUT2D eigenvalue weighted by molar-refractivity contribution is 5.56. The van der Waals surface area contributed by atoms with Crippen LogP contribution in [-0.2, 0) is 19.8 Å². The molecule has 2 unspecified atom stereocenters. The molecule has 3 aliphatic rings. The van der Waals surface area contributed by atoms with Gasteiger partial charge in [-0.15, -0.1) is 10.2 Å². The number of aromatic nitrogens is 5. The van der Waals surface area contributed by atoms with E-state index in [0.717, 1.165) is 51.0 Å². The third-order valence-corrected chi connectivity index (χ3v) is 9.85. The molecule has 8 nitrogen and oxygen atoms in total. The standard InChI is InChI=1S/C30H41F3N6O2/c1-19-6-5-9-37(14-19)15-20-10-24(30(31,32)33)25-17-38(28(40)39(25)16-20)23-8-4-7-21(11-23)26(22-12-29(2,41)13-22)27-35-34-18-36(27)3/h10,16-19,21-23,26,41H,4-9,11-15H2,1-3H3/t19-,21?,22-,23?,26-,29-/m0/s1. The van der Waals surface area contributed by atoms with E-state index in [9.17, 15) is 23.1 Å². The number of fused-ring (bicyclic) bond motifs is 1. The van der Waals surface area contributed by atoms with E-state index in [2.05, 4.69) is 22.0 Å². The van der Waals surface area contributed by atoms with Gasteiger partial charge in [0.2, 0.25) is 0 Å². The van der Waals surface area contributed by atoms with Gasteiger partial charge in [-0.1, -0.05) is 13.3 Å². The van der Waals surface area contributed by atoms with Gasteiger partial charge < -0.3 is 9.67 Å². The first-order valence-electron chi connectivity index (χ1n) is 15.0. The Morgan fingerprint density at radius 2 is 1.93 bits per heavy atom. The van der Waals surface area contributed by atoms with Gasteiger partial charge in [-0.2, -0.15) is 13.2 Å². The van der Waals surface area contributed by atoms with Gasteiger partial charge >= 0.3 is 11.9 Å². The third-order valence-electron chi connectivity index (χ3n) is 9.85. The average Bonchev–Trinajstić information content (AvgIpc) is 3.45. The first-order valence-corrected chi connectivity index (χ1v) is 15.0. The fraction of sp³-hybridized carbons (Fsp3) is 0.700. The predicted octanol–water partition coefficient (Wildman–Crippen LogP) is 5.16. The van der Waals surface area contributed by atoms with Gasteiger partial charge in [0.15, 0.2) is 0 Å². The molecule has 3 aromatic heterocycles. The van der Waals surface area contributed by atoms with Crippen LogP contribution in [-0.4, -0.2) is 52.4 Å². The second-order valence-corrected chi connectivity index (χ2v) is 13.4. The summed E-state index contributed by atoms with van der Waals surface area (Å²) in [6.45, 7) is 6.12. The largest absolute Gasteiger partial charge is 0.418 e. The molecule has 2 aliphatic carbocycles. The lowest BCUT2D eigenvalue weighted by Gasteiger charge is -2.48. The maximum absolute atomic E-state index is 14.3. The highest BCUT2D eigenvalue weighted by Gasteiger charge is 2.47. The van der Waals surface area contributed by atoms with E-state index in [-0.39, 0.29) is 29.3 Å². The molecule has 1 saturated heterocycles. The lowest BCUT2D eigenvalue weighted by atomic mass is 9.60. The van der Waals surface area contributed by atoms with Crippen LogP contribution in [0.25, 0.3) is 5.52 Å². The smallest absolute Gasteiger partial charge is 0.390 e. The summed E-state index contributed by atoms with van der Waals surface area (Å²) in [5.74, 6) is 1.89. The molecule has 41 heavy (non-hydrogen) atoms. The maximum Gasteiger partial charge on any atom is 0.418 e. The van der Waals surface area contributed by atoms with Crippen molar-refractivity contribution in [2.45, 2.75) is 95.5 Å². The molecule has 0 spiro atoms. The summed E-state index contributed by atoms with van der Waals surface area (Å²) >= 11 is 0. The summed E-state index contributed by atoms with van der Waals surface area (Å²) in [7, 11) is 1.92. The van der Waals surface area contributed by atoms with Gasteiger partial charge in [0.25, 0.3) is 0 Å². The van der Waals surface area contributed by atoms with Crippen molar-refractivity contribution in [3.8, 4) is 0 Å². The van der Waals surface area contributed by atoms with Crippen molar-refractivity contribution in [1.82, 2.24) is 28.6 Å². The van der Waals surface area contributed by atoms with E-state index in [4.69, 9.17) is 0 Å². The van der Waals surface area contributed by atoms with Crippen molar-refractivity contribution in [3.63, 3.8) is 0 Å². The SMILES string of the molecule is C[C@H]1CCCN(Cc2cc(C(F)(F)F)c3cn(C4CCCC([C@H](c5nncn5C)[C@H]5C[C@](C)(O)C5)C4)c(=O)n3c2)C1. The average molecular weight is 575 g/mol. The van der Waals surface area contributed by atoms with Gasteiger partial charge in [-0.05, 0) is 87.8 Å². The van der Waals surface area contributed by atoms with E-state index >= 15 is 0 Å². The Labute approximate surface area is 238 Å². The van der Waals surface area contributed by atoms with Gasteiger partial charge in [0, 0.05) is 44.5 Å². The van der Waals surface area contributed by atoms with Crippen LogP contribution in [0.1, 0.15) is 94.1 Å².